The van der Waals surface area contributed by atoms with Crippen LogP contribution in [0.4, 0.5) is 10.5 Å². The van der Waals surface area contributed by atoms with Gasteiger partial charge in [0.05, 0.1) is 30.9 Å². The molecule has 8 nitrogen and oxygen atoms in total. The number of benzene rings is 2. The van der Waals surface area contributed by atoms with Gasteiger partial charge in [0.15, 0.2) is 0 Å². The van der Waals surface area contributed by atoms with Gasteiger partial charge in [0.25, 0.3) is 0 Å². The summed E-state index contributed by atoms with van der Waals surface area (Å²) in [7, 11) is 0. The summed E-state index contributed by atoms with van der Waals surface area (Å²) in [4.78, 5) is 21.1. The number of fused-ring (bicyclic) bond motifs is 1. The second-order valence-corrected chi connectivity index (χ2v) is 11.5. The zero-order chi connectivity index (χ0) is 27.4. The highest BCUT2D eigenvalue weighted by Crippen LogP contribution is 2.32. The van der Waals surface area contributed by atoms with E-state index in [-0.39, 0.29) is 12.2 Å². The molecule has 3 heterocycles. The van der Waals surface area contributed by atoms with Crippen LogP contribution >= 0.6 is 0 Å². The number of ether oxygens (including phenoxy) is 2. The fourth-order valence-electron chi connectivity index (χ4n) is 5.34. The number of aromatic nitrogens is 1. The first-order valence-corrected chi connectivity index (χ1v) is 13.7. The lowest BCUT2D eigenvalue weighted by molar-refractivity contribution is -0.0538. The number of likely N-dealkylation sites (tertiary alicyclic amines) is 1. The Morgan fingerprint density at radius 2 is 1.97 bits per heavy atom. The van der Waals surface area contributed by atoms with Gasteiger partial charge in [-0.15, -0.1) is 0 Å². The minimum atomic E-state index is -0.499. The molecule has 0 aliphatic carbocycles. The molecule has 3 aromatic rings. The number of carbonyl (C=O) groups is 1. The third kappa shape index (κ3) is 6.86. The van der Waals surface area contributed by atoms with Crippen LogP contribution in [0, 0.1) is 11.3 Å². The van der Waals surface area contributed by atoms with Crippen LogP contribution in [0.15, 0.2) is 54.9 Å². The van der Waals surface area contributed by atoms with Gasteiger partial charge in [-0.05, 0) is 80.5 Å². The summed E-state index contributed by atoms with van der Waals surface area (Å²) in [6, 6.07) is 16.7. The summed E-state index contributed by atoms with van der Waals surface area (Å²) >= 11 is 0. The van der Waals surface area contributed by atoms with Gasteiger partial charge in [0, 0.05) is 55.7 Å². The van der Waals surface area contributed by atoms with E-state index in [4.69, 9.17) is 9.47 Å². The standard InChI is InChI=1S/C31H37N5O3/c1-31(2,3)39-30(37)36-13-14-38-27(21-36)20-35-11-8-26(9-12-35)34-29-17-25(16-24-7-10-33-19-28(24)29)23-6-4-5-22(15-23)18-32/h4-7,10,15-17,19,26-27,34H,8-9,11-14,20-21H2,1-3H3. The van der Waals surface area contributed by atoms with Crippen molar-refractivity contribution in [3.63, 3.8) is 0 Å². The average Bonchev–Trinajstić information content (AvgIpc) is 2.93. The zero-order valence-corrected chi connectivity index (χ0v) is 23.0. The predicted octanol–water partition coefficient (Wildman–Crippen LogP) is 5.29. The third-order valence-electron chi connectivity index (χ3n) is 7.28. The first kappa shape index (κ1) is 26.9. The molecule has 0 bridgehead atoms. The van der Waals surface area contributed by atoms with Crippen LogP contribution in [0.25, 0.3) is 21.9 Å². The lowest BCUT2D eigenvalue weighted by Gasteiger charge is -2.38. The topological polar surface area (TPSA) is 90.7 Å². The van der Waals surface area contributed by atoms with E-state index in [1.165, 1.54) is 0 Å². The summed E-state index contributed by atoms with van der Waals surface area (Å²) in [5.74, 6) is 0. The monoisotopic (exact) mass is 527 g/mol. The highest BCUT2D eigenvalue weighted by molar-refractivity contribution is 5.97. The largest absolute Gasteiger partial charge is 0.444 e. The van der Waals surface area contributed by atoms with Gasteiger partial charge < -0.3 is 24.6 Å². The number of anilines is 1. The molecule has 2 aromatic carbocycles. The van der Waals surface area contributed by atoms with Gasteiger partial charge in [0.1, 0.15) is 5.60 Å². The number of nitrogens with zero attached hydrogens (tertiary/aromatic N) is 4. The fourth-order valence-corrected chi connectivity index (χ4v) is 5.34. The maximum atomic E-state index is 12.5. The molecule has 1 N–H and O–H groups in total. The van der Waals surface area contributed by atoms with Crippen molar-refractivity contribution in [2.24, 2.45) is 0 Å². The molecule has 1 amide bonds. The van der Waals surface area contributed by atoms with Gasteiger partial charge in [-0.3, -0.25) is 4.98 Å². The highest BCUT2D eigenvalue weighted by atomic mass is 16.6. The van der Waals surface area contributed by atoms with E-state index >= 15 is 0 Å². The van der Waals surface area contributed by atoms with Crippen LogP contribution in [-0.2, 0) is 9.47 Å². The molecule has 39 heavy (non-hydrogen) atoms. The highest BCUT2D eigenvalue weighted by Gasteiger charge is 2.30. The van der Waals surface area contributed by atoms with Crippen molar-refractivity contribution < 1.29 is 14.3 Å². The predicted molar refractivity (Wildman–Crippen MR) is 153 cm³/mol. The average molecular weight is 528 g/mol. The maximum absolute atomic E-state index is 12.5. The molecule has 204 valence electrons. The minimum Gasteiger partial charge on any atom is -0.444 e. The molecule has 8 heteroatoms. The second kappa shape index (κ2) is 11.6. The Labute approximate surface area is 230 Å². The Kier molecular flexibility index (Phi) is 8.01. The number of nitrogens with one attached hydrogen (secondary N) is 1. The summed E-state index contributed by atoms with van der Waals surface area (Å²) in [5.41, 5.74) is 3.33. The molecule has 5 rings (SSSR count). The van der Waals surface area contributed by atoms with Crippen LogP contribution in [0.1, 0.15) is 39.2 Å². The molecule has 2 fully saturated rings. The van der Waals surface area contributed by atoms with Crippen LogP contribution in [0.5, 0.6) is 0 Å². The van der Waals surface area contributed by atoms with Crippen LogP contribution in [-0.4, -0.2) is 78.0 Å². The zero-order valence-electron chi connectivity index (χ0n) is 23.0. The first-order chi connectivity index (χ1) is 18.8. The van der Waals surface area contributed by atoms with Crippen molar-refractivity contribution in [1.29, 1.82) is 5.26 Å². The Balaban J connectivity index is 1.21. The minimum absolute atomic E-state index is 0.00773. The molecule has 1 unspecified atom stereocenters. The van der Waals surface area contributed by atoms with Crippen molar-refractivity contribution in [3.05, 3.63) is 60.4 Å². The summed E-state index contributed by atoms with van der Waals surface area (Å²) in [5, 5.41) is 15.4. The number of rotatable bonds is 5. The van der Waals surface area contributed by atoms with Crippen molar-refractivity contribution >= 4 is 22.6 Å². The van der Waals surface area contributed by atoms with Crippen molar-refractivity contribution in [3.8, 4) is 17.2 Å². The summed E-state index contributed by atoms with van der Waals surface area (Å²) in [6.45, 7) is 10.1. The molecule has 2 saturated heterocycles. The molecule has 1 aromatic heterocycles. The van der Waals surface area contributed by atoms with Crippen LogP contribution in [0.3, 0.4) is 0 Å². The lowest BCUT2D eigenvalue weighted by Crippen LogP contribution is -2.52. The van der Waals surface area contributed by atoms with E-state index in [0.717, 1.165) is 60.1 Å². The maximum Gasteiger partial charge on any atom is 0.410 e. The van der Waals surface area contributed by atoms with Crippen molar-refractivity contribution in [2.75, 3.05) is 44.6 Å². The van der Waals surface area contributed by atoms with Gasteiger partial charge in [0.2, 0.25) is 0 Å². The Morgan fingerprint density at radius 3 is 2.74 bits per heavy atom. The van der Waals surface area contributed by atoms with E-state index in [9.17, 15) is 10.1 Å². The third-order valence-corrected chi connectivity index (χ3v) is 7.28. The molecule has 0 saturated carbocycles. The molecular weight excluding hydrogens is 490 g/mol. The molecular formula is C31H37N5O3. The number of pyridine rings is 1. The van der Waals surface area contributed by atoms with E-state index in [0.29, 0.717) is 31.3 Å². The number of amides is 1. The van der Waals surface area contributed by atoms with Crippen LogP contribution in [0.2, 0.25) is 0 Å². The SMILES string of the molecule is CC(C)(C)OC(=O)N1CCOC(CN2CCC(Nc3cc(-c4cccc(C#N)c4)cc4ccncc34)CC2)C1. The second-order valence-electron chi connectivity index (χ2n) is 11.5. The summed E-state index contributed by atoms with van der Waals surface area (Å²) in [6.07, 6.45) is 5.49. The summed E-state index contributed by atoms with van der Waals surface area (Å²) < 4.78 is 11.6. The van der Waals surface area contributed by atoms with Gasteiger partial charge in [-0.1, -0.05) is 12.1 Å². The molecule has 0 radical (unpaired) electrons. The van der Waals surface area contributed by atoms with Crippen molar-refractivity contribution in [2.45, 2.75) is 51.4 Å². The molecule has 1 atom stereocenters. The normalized spacial score (nSPS) is 19.0. The number of carbonyl (C=O) groups excluding carboxylic acids is 1. The Morgan fingerprint density at radius 1 is 1.15 bits per heavy atom. The van der Waals surface area contributed by atoms with E-state index in [1.54, 1.807) is 4.90 Å². The number of morpholine rings is 1. The van der Waals surface area contributed by atoms with Crippen molar-refractivity contribution in [1.82, 2.24) is 14.8 Å². The lowest BCUT2D eigenvalue weighted by atomic mass is 9.98. The van der Waals surface area contributed by atoms with E-state index in [2.05, 4.69) is 33.4 Å². The Hall–Kier alpha value is -3.67. The number of piperidine rings is 1. The molecule has 0 spiro atoms. The van der Waals surface area contributed by atoms with E-state index < -0.39 is 5.60 Å². The number of hydrogen-bond donors (Lipinski definition) is 1. The van der Waals surface area contributed by atoms with E-state index in [1.807, 2.05) is 63.5 Å². The van der Waals surface area contributed by atoms with Gasteiger partial charge in [-0.2, -0.15) is 5.26 Å². The quantitative estimate of drug-likeness (QED) is 0.482. The molecule has 2 aliphatic heterocycles. The number of hydrogen-bond acceptors (Lipinski definition) is 7. The Bertz CT molecular complexity index is 1350. The van der Waals surface area contributed by atoms with Crippen LogP contribution < -0.4 is 5.32 Å². The first-order valence-electron chi connectivity index (χ1n) is 13.7. The van der Waals surface area contributed by atoms with Gasteiger partial charge in [-0.25, -0.2) is 4.79 Å². The smallest absolute Gasteiger partial charge is 0.410 e. The fraction of sp³-hybridized carbons (Fsp3) is 0.452. The number of nitriles is 1. The molecule has 2 aliphatic rings. The van der Waals surface area contributed by atoms with Gasteiger partial charge >= 0.3 is 6.09 Å².